The molecule has 2 aromatic heterocycles. The SMILES string of the molecule is NC(Cc1ccc(Br)cn1)c1cn[nH]n1. The fraction of sp³-hybridized carbons (Fsp3) is 0.222. The summed E-state index contributed by atoms with van der Waals surface area (Å²) in [5.74, 6) is 0. The van der Waals surface area contributed by atoms with Crippen LogP contribution in [0.15, 0.2) is 29.0 Å². The van der Waals surface area contributed by atoms with Crippen molar-refractivity contribution >= 4 is 15.9 Å². The van der Waals surface area contributed by atoms with Crippen molar-refractivity contribution in [3.05, 3.63) is 40.4 Å². The molecule has 0 aliphatic carbocycles. The average molecular weight is 268 g/mol. The van der Waals surface area contributed by atoms with E-state index in [1.165, 1.54) is 0 Å². The van der Waals surface area contributed by atoms with E-state index < -0.39 is 0 Å². The van der Waals surface area contributed by atoms with Crippen molar-refractivity contribution in [2.75, 3.05) is 0 Å². The Morgan fingerprint density at radius 3 is 2.87 bits per heavy atom. The van der Waals surface area contributed by atoms with E-state index in [0.717, 1.165) is 15.9 Å². The molecule has 5 nitrogen and oxygen atoms in total. The number of halogens is 1. The number of H-pyrrole nitrogens is 1. The van der Waals surface area contributed by atoms with Gasteiger partial charge < -0.3 is 5.73 Å². The molecule has 0 bridgehead atoms. The fourth-order valence-electron chi connectivity index (χ4n) is 1.25. The van der Waals surface area contributed by atoms with E-state index in [0.29, 0.717) is 6.42 Å². The lowest BCUT2D eigenvalue weighted by molar-refractivity contribution is 0.679. The number of pyridine rings is 1. The third-order valence-electron chi connectivity index (χ3n) is 2.03. The van der Waals surface area contributed by atoms with Crippen molar-refractivity contribution in [3.63, 3.8) is 0 Å². The largest absolute Gasteiger partial charge is 0.322 e. The Morgan fingerprint density at radius 2 is 2.27 bits per heavy atom. The summed E-state index contributed by atoms with van der Waals surface area (Å²) in [6, 6.07) is 3.71. The van der Waals surface area contributed by atoms with Gasteiger partial charge in [0.05, 0.1) is 17.9 Å². The van der Waals surface area contributed by atoms with Crippen molar-refractivity contribution in [1.82, 2.24) is 20.4 Å². The molecule has 1 unspecified atom stereocenters. The van der Waals surface area contributed by atoms with Crippen LogP contribution in [0.4, 0.5) is 0 Å². The van der Waals surface area contributed by atoms with Gasteiger partial charge in [0.1, 0.15) is 0 Å². The van der Waals surface area contributed by atoms with Crippen LogP contribution in [0.2, 0.25) is 0 Å². The highest BCUT2D eigenvalue weighted by Crippen LogP contribution is 2.13. The number of nitrogens with zero attached hydrogens (tertiary/aromatic N) is 3. The zero-order valence-corrected chi connectivity index (χ0v) is 9.48. The van der Waals surface area contributed by atoms with Gasteiger partial charge in [0.2, 0.25) is 0 Å². The second-order valence-corrected chi connectivity index (χ2v) is 4.09. The Bertz CT molecular complexity index is 411. The molecule has 2 rings (SSSR count). The Balaban J connectivity index is 2.06. The van der Waals surface area contributed by atoms with Crippen LogP contribution >= 0.6 is 15.9 Å². The second-order valence-electron chi connectivity index (χ2n) is 3.17. The lowest BCUT2D eigenvalue weighted by Crippen LogP contribution is -2.14. The molecule has 0 amide bonds. The first-order valence-electron chi connectivity index (χ1n) is 4.47. The lowest BCUT2D eigenvalue weighted by Gasteiger charge is -2.06. The van der Waals surface area contributed by atoms with E-state index in [1.54, 1.807) is 12.4 Å². The van der Waals surface area contributed by atoms with Gasteiger partial charge in [-0.3, -0.25) is 4.98 Å². The van der Waals surface area contributed by atoms with Crippen LogP contribution in [-0.4, -0.2) is 20.4 Å². The van der Waals surface area contributed by atoms with Crippen LogP contribution in [0.5, 0.6) is 0 Å². The molecular formula is C9H10BrN5. The Hall–Kier alpha value is -1.27. The van der Waals surface area contributed by atoms with Gasteiger partial charge in [-0.2, -0.15) is 15.4 Å². The summed E-state index contributed by atoms with van der Waals surface area (Å²) >= 11 is 3.33. The number of hydrogen-bond donors (Lipinski definition) is 2. The number of nitrogens with two attached hydrogens (primary N) is 1. The van der Waals surface area contributed by atoms with E-state index in [4.69, 9.17) is 5.73 Å². The molecule has 0 aliphatic heterocycles. The summed E-state index contributed by atoms with van der Waals surface area (Å²) in [6.45, 7) is 0. The molecule has 0 fully saturated rings. The van der Waals surface area contributed by atoms with Gasteiger partial charge in [-0.05, 0) is 28.1 Å². The maximum atomic E-state index is 5.94. The average Bonchev–Trinajstić information content (AvgIpc) is 2.74. The van der Waals surface area contributed by atoms with E-state index in [2.05, 4.69) is 36.3 Å². The summed E-state index contributed by atoms with van der Waals surface area (Å²) in [5, 5.41) is 10.2. The Morgan fingerprint density at radius 1 is 1.40 bits per heavy atom. The van der Waals surface area contributed by atoms with Crippen LogP contribution in [0.3, 0.4) is 0 Å². The van der Waals surface area contributed by atoms with Crippen LogP contribution in [0.25, 0.3) is 0 Å². The third kappa shape index (κ3) is 2.60. The molecular weight excluding hydrogens is 258 g/mol. The van der Waals surface area contributed by atoms with Crippen molar-refractivity contribution in [3.8, 4) is 0 Å². The molecule has 2 heterocycles. The van der Waals surface area contributed by atoms with Gasteiger partial charge in [0.15, 0.2) is 0 Å². The minimum Gasteiger partial charge on any atom is -0.322 e. The summed E-state index contributed by atoms with van der Waals surface area (Å²) in [7, 11) is 0. The van der Waals surface area contributed by atoms with Gasteiger partial charge in [-0.25, -0.2) is 0 Å². The van der Waals surface area contributed by atoms with Gasteiger partial charge >= 0.3 is 0 Å². The Kier molecular flexibility index (Phi) is 3.08. The van der Waals surface area contributed by atoms with Crippen LogP contribution in [0, 0.1) is 0 Å². The molecule has 6 heteroatoms. The number of rotatable bonds is 3. The van der Waals surface area contributed by atoms with Crippen molar-refractivity contribution in [2.24, 2.45) is 5.73 Å². The molecule has 78 valence electrons. The number of nitrogens with one attached hydrogen (secondary N) is 1. The monoisotopic (exact) mass is 267 g/mol. The minimum atomic E-state index is -0.169. The molecule has 3 N–H and O–H groups in total. The lowest BCUT2D eigenvalue weighted by atomic mass is 10.1. The van der Waals surface area contributed by atoms with Crippen molar-refractivity contribution in [2.45, 2.75) is 12.5 Å². The topological polar surface area (TPSA) is 80.5 Å². The molecule has 0 saturated carbocycles. The molecule has 0 aromatic carbocycles. The molecule has 0 spiro atoms. The zero-order chi connectivity index (χ0) is 10.7. The highest BCUT2D eigenvalue weighted by Gasteiger charge is 2.10. The van der Waals surface area contributed by atoms with Gasteiger partial charge in [-0.15, -0.1) is 0 Å². The number of aromatic amines is 1. The first-order chi connectivity index (χ1) is 7.25. The summed E-state index contributed by atoms with van der Waals surface area (Å²) in [4.78, 5) is 4.24. The normalized spacial score (nSPS) is 12.7. The van der Waals surface area contributed by atoms with E-state index in [-0.39, 0.29) is 6.04 Å². The molecule has 15 heavy (non-hydrogen) atoms. The summed E-state index contributed by atoms with van der Waals surface area (Å²) in [6.07, 6.45) is 4.04. The molecule has 0 aliphatic rings. The molecule has 0 radical (unpaired) electrons. The minimum absolute atomic E-state index is 0.169. The standard InChI is InChI=1S/C9H10BrN5/c10-6-1-2-7(12-4-6)3-8(11)9-5-13-15-14-9/h1-2,4-5,8H,3,11H2,(H,13,14,15). The maximum absolute atomic E-state index is 5.94. The van der Waals surface area contributed by atoms with Crippen LogP contribution in [-0.2, 0) is 6.42 Å². The van der Waals surface area contributed by atoms with Gasteiger partial charge in [0, 0.05) is 22.8 Å². The first kappa shape index (κ1) is 10.3. The Labute approximate surface area is 95.2 Å². The second kappa shape index (κ2) is 4.50. The smallest absolute Gasteiger partial charge is 0.0995 e. The summed E-state index contributed by atoms with van der Waals surface area (Å²) in [5.41, 5.74) is 7.62. The predicted octanol–water partition coefficient (Wildman–Crippen LogP) is 1.20. The van der Waals surface area contributed by atoms with E-state index >= 15 is 0 Å². The zero-order valence-electron chi connectivity index (χ0n) is 7.89. The van der Waals surface area contributed by atoms with E-state index in [1.807, 2.05) is 12.1 Å². The van der Waals surface area contributed by atoms with Crippen molar-refractivity contribution in [1.29, 1.82) is 0 Å². The highest BCUT2D eigenvalue weighted by atomic mass is 79.9. The summed E-state index contributed by atoms with van der Waals surface area (Å²) < 4.78 is 0.959. The molecule has 0 saturated heterocycles. The first-order valence-corrected chi connectivity index (χ1v) is 5.26. The van der Waals surface area contributed by atoms with E-state index in [9.17, 15) is 0 Å². The third-order valence-corrected chi connectivity index (χ3v) is 2.50. The molecule has 1 atom stereocenters. The number of aromatic nitrogens is 4. The highest BCUT2D eigenvalue weighted by molar-refractivity contribution is 9.10. The predicted molar refractivity (Wildman–Crippen MR) is 59.0 cm³/mol. The van der Waals surface area contributed by atoms with Crippen molar-refractivity contribution < 1.29 is 0 Å². The maximum Gasteiger partial charge on any atom is 0.0995 e. The van der Waals surface area contributed by atoms with Crippen LogP contribution < -0.4 is 5.73 Å². The van der Waals surface area contributed by atoms with Crippen LogP contribution in [0.1, 0.15) is 17.4 Å². The van der Waals surface area contributed by atoms with Gasteiger partial charge in [-0.1, -0.05) is 0 Å². The van der Waals surface area contributed by atoms with Gasteiger partial charge in [0.25, 0.3) is 0 Å². The number of hydrogen-bond acceptors (Lipinski definition) is 4. The fourth-order valence-corrected chi connectivity index (χ4v) is 1.48. The molecule has 2 aromatic rings. The quantitative estimate of drug-likeness (QED) is 0.876.